The molecule has 112 valence electrons. The van der Waals surface area contributed by atoms with E-state index in [1.54, 1.807) is 19.1 Å². The topological polar surface area (TPSA) is 35.5 Å². The van der Waals surface area contributed by atoms with Crippen LogP contribution in [0.1, 0.15) is 62.7 Å². The molecule has 0 unspecified atom stereocenters. The van der Waals surface area contributed by atoms with Crippen molar-refractivity contribution in [1.82, 2.24) is 0 Å². The van der Waals surface area contributed by atoms with Crippen molar-refractivity contribution in [2.24, 2.45) is 0 Å². The molecule has 0 amide bonds. The predicted octanol–water partition coefficient (Wildman–Crippen LogP) is 4.60. The predicted molar refractivity (Wildman–Crippen MR) is 81.3 cm³/mol. The van der Waals surface area contributed by atoms with Crippen LogP contribution in [0.25, 0.3) is 0 Å². The number of carbonyl (C=O) groups is 1. The van der Waals surface area contributed by atoms with Crippen LogP contribution < -0.4 is 4.74 Å². The average molecular weight is 278 g/mol. The Kier molecular flexibility index (Phi) is 8.52. The zero-order valence-corrected chi connectivity index (χ0v) is 12.7. The van der Waals surface area contributed by atoms with Gasteiger partial charge in [-0.15, -0.1) is 0 Å². The summed E-state index contributed by atoms with van der Waals surface area (Å²) in [6.45, 7) is 5.12. The summed E-state index contributed by atoms with van der Waals surface area (Å²) < 4.78 is 10.6. The van der Waals surface area contributed by atoms with E-state index >= 15 is 0 Å². The smallest absolute Gasteiger partial charge is 0.338 e. The highest BCUT2D eigenvalue weighted by molar-refractivity contribution is 5.89. The second-order valence-electron chi connectivity index (χ2n) is 4.86. The van der Waals surface area contributed by atoms with Crippen LogP contribution in [0.2, 0.25) is 0 Å². The molecule has 0 saturated carbocycles. The molecule has 20 heavy (non-hydrogen) atoms. The van der Waals surface area contributed by atoms with Crippen LogP contribution in [-0.2, 0) is 4.74 Å². The van der Waals surface area contributed by atoms with E-state index in [9.17, 15) is 4.79 Å². The summed E-state index contributed by atoms with van der Waals surface area (Å²) in [7, 11) is 0. The summed E-state index contributed by atoms with van der Waals surface area (Å²) >= 11 is 0. The normalized spacial score (nSPS) is 10.3. The van der Waals surface area contributed by atoms with Crippen molar-refractivity contribution in [1.29, 1.82) is 0 Å². The molecule has 0 spiro atoms. The summed E-state index contributed by atoms with van der Waals surface area (Å²) in [4.78, 5) is 11.6. The largest absolute Gasteiger partial charge is 0.494 e. The Morgan fingerprint density at radius 2 is 1.80 bits per heavy atom. The third kappa shape index (κ3) is 6.60. The first-order valence-corrected chi connectivity index (χ1v) is 7.68. The number of unbranched alkanes of at least 4 members (excludes halogenated alkanes) is 5. The van der Waals surface area contributed by atoms with E-state index in [0.29, 0.717) is 18.8 Å². The van der Waals surface area contributed by atoms with Crippen LogP contribution >= 0.6 is 0 Å². The van der Waals surface area contributed by atoms with Gasteiger partial charge in [0.25, 0.3) is 0 Å². The molecule has 0 aliphatic heterocycles. The molecular weight excluding hydrogens is 252 g/mol. The van der Waals surface area contributed by atoms with E-state index in [1.165, 1.54) is 32.1 Å². The lowest BCUT2D eigenvalue weighted by molar-refractivity contribution is 0.0526. The van der Waals surface area contributed by atoms with E-state index in [-0.39, 0.29) is 5.97 Å². The maximum Gasteiger partial charge on any atom is 0.338 e. The first kappa shape index (κ1) is 16.5. The number of rotatable bonds is 10. The highest BCUT2D eigenvalue weighted by atomic mass is 16.5. The van der Waals surface area contributed by atoms with Crippen molar-refractivity contribution in [3.63, 3.8) is 0 Å². The fourth-order valence-corrected chi connectivity index (χ4v) is 2.00. The van der Waals surface area contributed by atoms with E-state index in [1.807, 2.05) is 12.1 Å². The van der Waals surface area contributed by atoms with Gasteiger partial charge < -0.3 is 9.47 Å². The maximum atomic E-state index is 11.6. The molecule has 0 heterocycles. The molecule has 0 radical (unpaired) electrons. The minimum Gasteiger partial charge on any atom is -0.494 e. The summed E-state index contributed by atoms with van der Waals surface area (Å²) in [6, 6.07) is 7.19. The fourth-order valence-electron chi connectivity index (χ4n) is 2.00. The molecule has 1 aromatic rings. The number of hydrogen-bond donors (Lipinski definition) is 0. The van der Waals surface area contributed by atoms with Crippen LogP contribution in [0.4, 0.5) is 0 Å². The molecule has 3 heteroatoms. The molecule has 0 saturated heterocycles. The monoisotopic (exact) mass is 278 g/mol. The van der Waals surface area contributed by atoms with Gasteiger partial charge in [-0.1, -0.05) is 45.1 Å². The average Bonchev–Trinajstić information content (AvgIpc) is 2.47. The minimum absolute atomic E-state index is 0.294. The summed E-state index contributed by atoms with van der Waals surface area (Å²) in [6.07, 6.45) is 7.46. The molecular formula is C17H26O3. The van der Waals surface area contributed by atoms with Gasteiger partial charge in [0.2, 0.25) is 0 Å². The first-order chi connectivity index (χ1) is 9.77. The standard InChI is InChI=1S/C17H26O3/c1-3-5-6-7-8-9-13-20-16-12-10-11-15(14-16)17(18)19-4-2/h10-12,14H,3-9,13H2,1-2H3. The highest BCUT2D eigenvalue weighted by Crippen LogP contribution is 2.15. The Bertz CT molecular complexity index is 388. The molecule has 0 aromatic heterocycles. The maximum absolute atomic E-state index is 11.6. The lowest BCUT2D eigenvalue weighted by Gasteiger charge is -2.08. The summed E-state index contributed by atoms with van der Waals surface area (Å²) in [5.41, 5.74) is 0.548. The molecule has 0 atom stereocenters. The Morgan fingerprint density at radius 1 is 1.05 bits per heavy atom. The first-order valence-electron chi connectivity index (χ1n) is 7.68. The van der Waals surface area contributed by atoms with Gasteiger partial charge in [0.1, 0.15) is 5.75 Å². The lowest BCUT2D eigenvalue weighted by atomic mass is 10.1. The second kappa shape index (κ2) is 10.3. The van der Waals surface area contributed by atoms with Gasteiger partial charge >= 0.3 is 5.97 Å². The molecule has 3 nitrogen and oxygen atoms in total. The van der Waals surface area contributed by atoms with E-state index in [0.717, 1.165) is 12.2 Å². The Balaban J connectivity index is 2.26. The van der Waals surface area contributed by atoms with Gasteiger partial charge in [0, 0.05) is 0 Å². The van der Waals surface area contributed by atoms with Gasteiger partial charge in [-0.25, -0.2) is 4.79 Å². The van der Waals surface area contributed by atoms with Crippen LogP contribution in [0.5, 0.6) is 5.75 Å². The lowest BCUT2D eigenvalue weighted by Crippen LogP contribution is -2.05. The quantitative estimate of drug-likeness (QED) is 0.463. The SMILES string of the molecule is CCCCCCCCOc1cccc(C(=O)OCC)c1. The zero-order valence-electron chi connectivity index (χ0n) is 12.7. The molecule has 0 aliphatic carbocycles. The molecule has 1 rings (SSSR count). The van der Waals surface area contributed by atoms with Gasteiger partial charge in [-0.2, -0.15) is 0 Å². The number of ether oxygens (including phenoxy) is 2. The van der Waals surface area contributed by atoms with Gasteiger partial charge in [0.15, 0.2) is 0 Å². The van der Waals surface area contributed by atoms with Crippen molar-refractivity contribution in [3.8, 4) is 5.75 Å². The fraction of sp³-hybridized carbons (Fsp3) is 0.588. The Morgan fingerprint density at radius 3 is 2.55 bits per heavy atom. The van der Waals surface area contributed by atoms with Crippen molar-refractivity contribution in [2.45, 2.75) is 52.4 Å². The van der Waals surface area contributed by atoms with Crippen molar-refractivity contribution >= 4 is 5.97 Å². The van der Waals surface area contributed by atoms with Gasteiger partial charge in [-0.05, 0) is 31.5 Å². The highest BCUT2D eigenvalue weighted by Gasteiger charge is 2.06. The van der Waals surface area contributed by atoms with Crippen LogP contribution in [0.15, 0.2) is 24.3 Å². The third-order valence-electron chi connectivity index (χ3n) is 3.11. The molecule has 1 aromatic carbocycles. The number of carbonyl (C=O) groups excluding carboxylic acids is 1. The zero-order chi connectivity index (χ0) is 14.6. The van der Waals surface area contributed by atoms with E-state index in [2.05, 4.69) is 6.92 Å². The van der Waals surface area contributed by atoms with Gasteiger partial charge in [-0.3, -0.25) is 0 Å². The third-order valence-corrected chi connectivity index (χ3v) is 3.11. The van der Waals surface area contributed by atoms with E-state index in [4.69, 9.17) is 9.47 Å². The molecule has 0 bridgehead atoms. The molecule has 0 fully saturated rings. The minimum atomic E-state index is -0.294. The molecule has 0 aliphatic rings. The van der Waals surface area contributed by atoms with Crippen LogP contribution in [0.3, 0.4) is 0 Å². The van der Waals surface area contributed by atoms with Crippen LogP contribution in [-0.4, -0.2) is 19.2 Å². The Labute approximate surface area is 122 Å². The van der Waals surface area contributed by atoms with Crippen molar-refractivity contribution in [3.05, 3.63) is 29.8 Å². The van der Waals surface area contributed by atoms with Crippen molar-refractivity contribution < 1.29 is 14.3 Å². The van der Waals surface area contributed by atoms with E-state index < -0.39 is 0 Å². The summed E-state index contributed by atoms with van der Waals surface area (Å²) in [5.74, 6) is 0.446. The number of benzene rings is 1. The van der Waals surface area contributed by atoms with Crippen LogP contribution in [0, 0.1) is 0 Å². The summed E-state index contributed by atoms with van der Waals surface area (Å²) in [5, 5.41) is 0. The van der Waals surface area contributed by atoms with Crippen molar-refractivity contribution in [2.75, 3.05) is 13.2 Å². The second-order valence-corrected chi connectivity index (χ2v) is 4.86. The Hall–Kier alpha value is -1.51. The molecule has 0 N–H and O–H groups in total. The number of hydrogen-bond acceptors (Lipinski definition) is 3. The van der Waals surface area contributed by atoms with Gasteiger partial charge in [0.05, 0.1) is 18.8 Å². The number of esters is 1.